The van der Waals surface area contributed by atoms with Gasteiger partial charge in [-0.1, -0.05) is 48.4 Å². The van der Waals surface area contributed by atoms with Gasteiger partial charge in [0.25, 0.3) is 0 Å². The highest BCUT2D eigenvalue weighted by atomic mass is 19.4. The minimum Gasteiger partial charge on any atom is -0.207 e. The van der Waals surface area contributed by atoms with E-state index in [2.05, 4.69) is 0 Å². The van der Waals surface area contributed by atoms with Gasteiger partial charge in [0.15, 0.2) is 5.41 Å². The summed E-state index contributed by atoms with van der Waals surface area (Å²) in [6, 6.07) is 12.3. The summed E-state index contributed by atoms with van der Waals surface area (Å²) in [7, 11) is 0. The van der Waals surface area contributed by atoms with E-state index in [0.29, 0.717) is 5.56 Å². The first-order chi connectivity index (χ1) is 9.89. The van der Waals surface area contributed by atoms with Gasteiger partial charge in [-0.2, -0.15) is 13.2 Å². The van der Waals surface area contributed by atoms with E-state index in [4.69, 9.17) is 6.42 Å². The summed E-state index contributed by atoms with van der Waals surface area (Å²) in [5.41, 5.74) is -2.14. The van der Waals surface area contributed by atoms with Gasteiger partial charge in [-0.3, -0.25) is 0 Å². The third-order valence-corrected chi connectivity index (χ3v) is 3.38. The van der Waals surface area contributed by atoms with E-state index in [0.717, 1.165) is 24.3 Å². The first kappa shape index (κ1) is 15.1. The van der Waals surface area contributed by atoms with Crippen molar-refractivity contribution in [2.24, 2.45) is 0 Å². The monoisotopic (exact) mass is 292 g/mol. The molecule has 1 atom stereocenters. The Kier molecular flexibility index (Phi) is 4.04. The molecular weight excluding hydrogens is 280 g/mol. The van der Waals surface area contributed by atoms with Crippen molar-refractivity contribution in [1.82, 2.24) is 0 Å². The zero-order valence-corrected chi connectivity index (χ0v) is 11.0. The van der Waals surface area contributed by atoms with Crippen molar-refractivity contribution in [2.75, 3.05) is 0 Å². The van der Waals surface area contributed by atoms with Crippen LogP contribution in [0.5, 0.6) is 0 Å². The van der Waals surface area contributed by atoms with Gasteiger partial charge in [-0.05, 0) is 23.3 Å². The van der Waals surface area contributed by atoms with Crippen LogP contribution in [0.15, 0.2) is 54.6 Å². The van der Waals surface area contributed by atoms with Gasteiger partial charge >= 0.3 is 6.18 Å². The first-order valence-electron chi connectivity index (χ1n) is 6.23. The summed E-state index contributed by atoms with van der Waals surface area (Å²) >= 11 is 0. The Hall–Kier alpha value is -2.28. The Morgan fingerprint density at radius 1 is 0.905 bits per heavy atom. The average Bonchev–Trinajstić information content (AvgIpc) is 2.45. The summed E-state index contributed by atoms with van der Waals surface area (Å²) in [5.74, 6) is 1.29. The summed E-state index contributed by atoms with van der Waals surface area (Å²) in [6.45, 7) is 0. The fourth-order valence-electron chi connectivity index (χ4n) is 2.22. The van der Waals surface area contributed by atoms with Crippen molar-refractivity contribution in [3.05, 3.63) is 71.5 Å². The zero-order valence-electron chi connectivity index (χ0n) is 11.0. The second-order valence-electron chi connectivity index (χ2n) is 4.72. The summed E-state index contributed by atoms with van der Waals surface area (Å²) in [6.07, 6.45) is 0.215. The molecule has 0 aromatic heterocycles. The fraction of sp³-hybridized carbons (Fsp3) is 0.176. The average molecular weight is 292 g/mol. The molecule has 0 aliphatic carbocycles. The lowest BCUT2D eigenvalue weighted by molar-refractivity contribution is -0.172. The standard InChI is InChI=1S/C17H12F4/c1-2-16(17(19,20)21,12-13-6-4-3-5-7-13)14-8-10-15(18)11-9-14/h1,3-11H,12H2/t16-/m0/s1. The molecule has 0 nitrogen and oxygen atoms in total. The quantitative estimate of drug-likeness (QED) is 0.577. The predicted molar refractivity (Wildman–Crippen MR) is 73.1 cm³/mol. The van der Waals surface area contributed by atoms with Gasteiger partial charge in [-0.15, -0.1) is 6.42 Å². The Morgan fingerprint density at radius 3 is 1.95 bits per heavy atom. The molecule has 0 aliphatic rings. The Balaban J connectivity index is 2.54. The van der Waals surface area contributed by atoms with Crippen LogP contribution in [0.2, 0.25) is 0 Å². The van der Waals surface area contributed by atoms with Crippen molar-refractivity contribution in [3.8, 4) is 12.3 Å². The summed E-state index contributed by atoms with van der Waals surface area (Å²) in [4.78, 5) is 0. The van der Waals surface area contributed by atoms with Crippen LogP contribution in [0.25, 0.3) is 0 Å². The normalized spacial score (nSPS) is 14.2. The number of halogens is 4. The second kappa shape index (κ2) is 5.61. The van der Waals surface area contributed by atoms with E-state index in [1.807, 2.05) is 5.92 Å². The molecule has 108 valence electrons. The first-order valence-corrected chi connectivity index (χ1v) is 6.23. The molecule has 4 heteroatoms. The molecular formula is C17H12F4. The molecule has 0 N–H and O–H groups in total. The molecule has 0 amide bonds. The highest BCUT2D eigenvalue weighted by molar-refractivity contribution is 5.40. The van der Waals surface area contributed by atoms with Crippen LogP contribution in [0, 0.1) is 18.2 Å². The van der Waals surface area contributed by atoms with Crippen LogP contribution in [-0.4, -0.2) is 6.18 Å². The molecule has 0 saturated heterocycles. The highest BCUT2D eigenvalue weighted by Gasteiger charge is 2.54. The Morgan fingerprint density at radius 2 is 1.48 bits per heavy atom. The molecule has 2 rings (SSSR count). The maximum absolute atomic E-state index is 13.6. The number of hydrogen-bond donors (Lipinski definition) is 0. The van der Waals surface area contributed by atoms with Crippen LogP contribution in [0.1, 0.15) is 11.1 Å². The van der Waals surface area contributed by atoms with E-state index >= 15 is 0 Å². The second-order valence-corrected chi connectivity index (χ2v) is 4.72. The minimum absolute atomic E-state index is 0.136. The number of rotatable bonds is 3. The van der Waals surface area contributed by atoms with E-state index in [-0.39, 0.29) is 12.0 Å². The molecule has 0 radical (unpaired) electrons. The molecule has 0 aliphatic heterocycles. The van der Waals surface area contributed by atoms with Crippen molar-refractivity contribution in [3.63, 3.8) is 0 Å². The molecule has 0 bridgehead atoms. The lowest BCUT2D eigenvalue weighted by Crippen LogP contribution is -2.43. The maximum atomic E-state index is 13.6. The lowest BCUT2D eigenvalue weighted by Gasteiger charge is -2.31. The van der Waals surface area contributed by atoms with Gasteiger partial charge in [-0.25, -0.2) is 4.39 Å². The van der Waals surface area contributed by atoms with E-state index in [1.54, 1.807) is 30.3 Å². The van der Waals surface area contributed by atoms with Gasteiger partial charge in [0.05, 0.1) is 0 Å². The largest absolute Gasteiger partial charge is 0.409 e. The minimum atomic E-state index is -4.64. The third kappa shape index (κ3) is 2.92. The maximum Gasteiger partial charge on any atom is 0.409 e. The van der Waals surface area contributed by atoms with Gasteiger partial charge in [0.2, 0.25) is 0 Å². The van der Waals surface area contributed by atoms with E-state index in [1.165, 1.54) is 0 Å². The van der Waals surface area contributed by atoms with Crippen LogP contribution in [0.3, 0.4) is 0 Å². The Labute approximate surface area is 120 Å². The van der Waals surface area contributed by atoms with Crippen molar-refractivity contribution in [2.45, 2.75) is 18.0 Å². The van der Waals surface area contributed by atoms with Gasteiger partial charge in [0.1, 0.15) is 5.82 Å². The molecule has 0 saturated carbocycles. The van der Waals surface area contributed by atoms with Crippen LogP contribution < -0.4 is 0 Å². The Bertz CT molecular complexity index is 635. The topological polar surface area (TPSA) is 0 Å². The molecule has 2 aromatic rings. The van der Waals surface area contributed by atoms with Crippen LogP contribution in [-0.2, 0) is 11.8 Å². The highest BCUT2D eigenvalue weighted by Crippen LogP contribution is 2.43. The molecule has 2 aromatic carbocycles. The van der Waals surface area contributed by atoms with Crippen molar-refractivity contribution in [1.29, 1.82) is 0 Å². The van der Waals surface area contributed by atoms with Crippen molar-refractivity contribution < 1.29 is 17.6 Å². The number of alkyl halides is 3. The van der Waals surface area contributed by atoms with Gasteiger partial charge in [0, 0.05) is 6.42 Å². The van der Waals surface area contributed by atoms with E-state index < -0.39 is 17.4 Å². The summed E-state index contributed by atoms with van der Waals surface area (Å²) < 4.78 is 53.8. The molecule has 0 heterocycles. The zero-order chi connectivity index (χ0) is 15.5. The van der Waals surface area contributed by atoms with Crippen LogP contribution in [0.4, 0.5) is 17.6 Å². The fourth-order valence-corrected chi connectivity index (χ4v) is 2.22. The predicted octanol–water partition coefficient (Wildman–Crippen LogP) is 4.50. The molecule has 0 unspecified atom stereocenters. The SMILES string of the molecule is C#C[C@](Cc1ccccc1)(c1ccc(F)cc1)C(F)(F)F. The van der Waals surface area contributed by atoms with Crippen molar-refractivity contribution >= 4 is 0 Å². The molecule has 0 spiro atoms. The number of terminal acetylenes is 1. The van der Waals surface area contributed by atoms with E-state index in [9.17, 15) is 17.6 Å². The lowest BCUT2D eigenvalue weighted by atomic mass is 9.75. The third-order valence-electron chi connectivity index (χ3n) is 3.38. The van der Waals surface area contributed by atoms with Gasteiger partial charge < -0.3 is 0 Å². The smallest absolute Gasteiger partial charge is 0.207 e. The number of hydrogen-bond acceptors (Lipinski definition) is 0. The van der Waals surface area contributed by atoms with Crippen LogP contribution >= 0.6 is 0 Å². The summed E-state index contributed by atoms with van der Waals surface area (Å²) in [5, 5.41) is 0. The molecule has 0 fully saturated rings. The number of benzene rings is 2. The molecule has 21 heavy (non-hydrogen) atoms.